The molecule has 0 amide bonds. The van der Waals surface area contributed by atoms with Crippen molar-refractivity contribution in [3.05, 3.63) is 70.0 Å². The summed E-state index contributed by atoms with van der Waals surface area (Å²) in [7, 11) is -3.79. The lowest BCUT2D eigenvalue weighted by molar-refractivity contribution is 0.599. The van der Waals surface area contributed by atoms with E-state index in [9.17, 15) is 22.9 Å². The fraction of sp³-hybridized carbons (Fsp3) is 0.208. The van der Waals surface area contributed by atoms with Crippen LogP contribution in [0.15, 0.2) is 52.2 Å². The van der Waals surface area contributed by atoms with E-state index < -0.39 is 27.3 Å². The Hall–Kier alpha value is -4.57. The summed E-state index contributed by atoms with van der Waals surface area (Å²) in [5.41, 5.74) is 11.2. The number of fused-ring (bicyclic) bond motifs is 1. The zero-order valence-corrected chi connectivity index (χ0v) is 20.3. The third-order valence-electron chi connectivity index (χ3n) is 6.08. The van der Waals surface area contributed by atoms with Crippen LogP contribution >= 0.6 is 0 Å². The molecule has 5 rings (SSSR count). The molecule has 0 bridgehead atoms. The summed E-state index contributed by atoms with van der Waals surface area (Å²) >= 11 is 0. The molecule has 1 fully saturated rings. The van der Waals surface area contributed by atoms with E-state index in [4.69, 9.17) is 16.5 Å². The number of nitrogen functional groups attached to an aromatic ring is 2. The summed E-state index contributed by atoms with van der Waals surface area (Å²) in [6.07, 6.45) is 2.55. The lowest BCUT2D eigenvalue weighted by atomic mass is 10.1. The maximum absolute atomic E-state index is 14.3. The lowest BCUT2D eigenvalue weighted by Crippen LogP contribution is -2.30. The van der Waals surface area contributed by atoms with Gasteiger partial charge in [0, 0.05) is 6.26 Å². The minimum absolute atomic E-state index is 0.0220. The van der Waals surface area contributed by atoms with Crippen molar-refractivity contribution in [1.82, 2.24) is 19.5 Å². The molecule has 1 unspecified atom stereocenters. The Balaban J connectivity index is 1.82. The first-order valence-electron chi connectivity index (χ1n) is 11.2. The van der Waals surface area contributed by atoms with Gasteiger partial charge in [0.15, 0.2) is 15.7 Å². The average Bonchev–Trinajstić information content (AvgIpc) is 3.66. The molecule has 1 aliphatic carbocycles. The van der Waals surface area contributed by atoms with Gasteiger partial charge in [-0.3, -0.25) is 9.36 Å². The van der Waals surface area contributed by atoms with E-state index in [0.717, 1.165) is 25.2 Å². The van der Waals surface area contributed by atoms with Crippen LogP contribution in [0.5, 0.6) is 0 Å². The third kappa shape index (κ3) is 4.43. The predicted molar refractivity (Wildman–Crippen MR) is 135 cm³/mol. The van der Waals surface area contributed by atoms with E-state index in [1.54, 1.807) is 0 Å². The first-order valence-corrected chi connectivity index (χ1v) is 13.1. The first kappa shape index (κ1) is 24.1. The van der Waals surface area contributed by atoms with Crippen LogP contribution in [-0.2, 0) is 9.84 Å². The molecule has 1 atom stereocenters. The molecule has 0 aliphatic heterocycles. The highest BCUT2D eigenvalue weighted by Crippen LogP contribution is 2.43. The fourth-order valence-electron chi connectivity index (χ4n) is 4.28. The molecule has 2 heterocycles. The van der Waals surface area contributed by atoms with Gasteiger partial charge in [-0.1, -0.05) is 12.1 Å². The molecule has 4 aromatic rings. The van der Waals surface area contributed by atoms with Crippen LogP contribution in [-0.4, -0.2) is 34.2 Å². The molecule has 37 heavy (non-hydrogen) atoms. The van der Waals surface area contributed by atoms with E-state index in [1.165, 1.54) is 41.0 Å². The normalized spacial score (nSPS) is 14.3. The molecule has 5 N–H and O–H groups in total. The van der Waals surface area contributed by atoms with Crippen LogP contribution in [0.3, 0.4) is 0 Å². The Bertz CT molecular complexity index is 1780. The van der Waals surface area contributed by atoms with Crippen LogP contribution < -0.4 is 22.3 Å². The summed E-state index contributed by atoms with van der Waals surface area (Å²) in [5, 5.41) is 12.7. The van der Waals surface area contributed by atoms with E-state index in [2.05, 4.69) is 15.3 Å². The summed E-state index contributed by atoms with van der Waals surface area (Å²) in [6.45, 7) is 0. The van der Waals surface area contributed by atoms with Crippen LogP contribution in [0.4, 0.5) is 22.0 Å². The van der Waals surface area contributed by atoms with Gasteiger partial charge in [0.05, 0.1) is 27.5 Å². The van der Waals surface area contributed by atoms with Crippen molar-refractivity contribution in [2.75, 3.05) is 23.0 Å². The smallest absolute Gasteiger partial charge is 0.267 e. The fourth-order valence-corrected chi connectivity index (χ4v) is 5.17. The van der Waals surface area contributed by atoms with E-state index in [-0.39, 0.29) is 56.4 Å². The summed E-state index contributed by atoms with van der Waals surface area (Å²) < 4.78 is 40.5. The maximum atomic E-state index is 14.3. The number of nitriles is 1. The van der Waals surface area contributed by atoms with Gasteiger partial charge >= 0.3 is 0 Å². The van der Waals surface area contributed by atoms with Crippen molar-refractivity contribution < 1.29 is 12.8 Å². The number of sulfone groups is 1. The largest absolute Gasteiger partial charge is 0.382 e. The molecular weight excluding hydrogens is 499 g/mol. The Morgan fingerprint density at radius 1 is 1.16 bits per heavy atom. The Kier molecular flexibility index (Phi) is 5.76. The van der Waals surface area contributed by atoms with Crippen molar-refractivity contribution in [2.45, 2.75) is 23.8 Å². The third-order valence-corrected chi connectivity index (χ3v) is 7.22. The number of anilines is 3. The van der Waals surface area contributed by atoms with Crippen LogP contribution in [0, 0.1) is 23.1 Å². The van der Waals surface area contributed by atoms with Crippen molar-refractivity contribution in [3.63, 3.8) is 0 Å². The standard InChI is InChI=1S/C24H21FN8O3S/c1-37(35,36)17-7-3-6-16-18(17)23(34)33(14-5-2-4-13(25)10-14)22(29-16)19(12-8-9-12)30-21-15(11-26)20(27)31-24(28)32-21/h2-7,10,12,19H,8-9H2,1H3,(H5,27,28,30,31,32). The lowest BCUT2D eigenvalue weighted by Gasteiger charge is -2.24. The molecule has 0 spiro atoms. The van der Waals surface area contributed by atoms with Crippen molar-refractivity contribution in [1.29, 1.82) is 5.26 Å². The number of nitrogens with one attached hydrogen (secondary N) is 1. The van der Waals surface area contributed by atoms with Gasteiger partial charge in [-0.15, -0.1) is 0 Å². The number of halogens is 1. The van der Waals surface area contributed by atoms with E-state index in [1.807, 2.05) is 6.07 Å². The number of nitrogens with two attached hydrogens (primary N) is 2. The van der Waals surface area contributed by atoms with Crippen LogP contribution in [0.1, 0.15) is 30.3 Å². The summed E-state index contributed by atoms with van der Waals surface area (Å²) in [6, 6.07) is 11.0. The van der Waals surface area contributed by atoms with E-state index in [0.29, 0.717) is 0 Å². The van der Waals surface area contributed by atoms with Gasteiger partial charge in [-0.25, -0.2) is 17.8 Å². The SMILES string of the molecule is CS(=O)(=O)c1cccc2nc(C(Nc3nc(N)nc(N)c3C#N)C3CC3)n(-c3cccc(F)c3)c(=O)c12. The molecule has 0 radical (unpaired) electrons. The minimum Gasteiger partial charge on any atom is -0.382 e. The van der Waals surface area contributed by atoms with Gasteiger partial charge in [0.1, 0.15) is 29.1 Å². The number of rotatable bonds is 6. The highest BCUT2D eigenvalue weighted by atomic mass is 32.2. The van der Waals surface area contributed by atoms with Gasteiger partial charge in [0.2, 0.25) is 5.95 Å². The van der Waals surface area contributed by atoms with E-state index >= 15 is 0 Å². The molecule has 1 aliphatic rings. The molecule has 188 valence electrons. The number of hydrogen-bond donors (Lipinski definition) is 3. The summed E-state index contributed by atoms with van der Waals surface area (Å²) in [4.78, 5) is 26.4. The molecule has 11 nitrogen and oxygen atoms in total. The van der Waals surface area contributed by atoms with Gasteiger partial charge < -0.3 is 16.8 Å². The number of hydrogen-bond acceptors (Lipinski definition) is 10. The zero-order valence-electron chi connectivity index (χ0n) is 19.5. The van der Waals surface area contributed by atoms with Crippen molar-refractivity contribution in [2.24, 2.45) is 5.92 Å². The molecule has 1 saturated carbocycles. The maximum Gasteiger partial charge on any atom is 0.267 e. The highest BCUT2D eigenvalue weighted by molar-refractivity contribution is 7.91. The minimum atomic E-state index is -3.79. The Labute approximate surface area is 210 Å². The topological polar surface area (TPSA) is 183 Å². The predicted octanol–water partition coefficient (Wildman–Crippen LogP) is 2.32. The average molecular weight is 521 g/mol. The quantitative estimate of drug-likeness (QED) is 0.341. The van der Waals surface area contributed by atoms with Gasteiger partial charge in [0.25, 0.3) is 5.56 Å². The van der Waals surface area contributed by atoms with Crippen molar-refractivity contribution in [3.8, 4) is 11.8 Å². The monoisotopic (exact) mass is 520 g/mol. The van der Waals surface area contributed by atoms with Crippen LogP contribution in [0.25, 0.3) is 16.6 Å². The summed E-state index contributed by atoms with van der Waals surface area (Å²) in [5.74, 6) is -0.624. The van der Waals surface area contributed by atoms with Crippen molar-refractivity contribution >= 4 is 38.3 Å². The number of nitrogens with zero attached hydrogens (tertiary/aromatic N) is 5. The number of aromatic nitrogens is 4. The molecule has 2 aromatic carbocycles. The highest BCUT2D eigenvalue weighted by Gasteiger charge is 2.37. The molecule has 2 aromatic heterocycles. The second kappa shape index (κ2) is 8.82. The molecular formula is C24H21FN8O3S. The Morgan fingerprint density at radius 2 is 1.89 bits per heavy atom. The first-order chi connectivity index (χ1) is 17.6. The Morgan fingerprint density at radius 3 is 2.54 bits per heavy atom. The van der Waals surface area contributed by atoms with Gasteiger partial charge in [-0.2, -0.15) is 15.2 Å². The zero-order chi connectivity index (χ0) is 26.5. The second-order valence-electron chi connectivity index (χ2n) is 8.77. The van der Waals surface area contributed by atoms with Crippen LogP contribution in [0.2, 0.25) is 0 Å². The number of benzene rings is 2. The molecule has 13 heteroatoms. The second-order valence-corrected chi connectivity index (χ2v) is 10.8. The molecule has 0 saturated heterocycles. The van der Waals surface area contributed by atoms with Gasteiger partial charge in [-0.05, 0) is 49.1 Å².